The molecular formula is C39H40F4N8O2. The van der Waals surface area contributed by atoms with Gasteiger partial charge in [0.05, 0.1) is 40.2 Å². The minimum Gasteiger partial charge on any atom is -0.344 e. The fraction of sp³-hybridized carbons (Fsp3) is 0.462. The maximum Gasteiger partial charge on any atom is 0.280 e. The van der Waals surface area contributed by atoms with Gasteiger partial charge < -0.3 is 25.1 Å². The molecule has 2 aliphatic heterocycles. The molecule has 3 N–H and O–H groups in total. The van der Waals surface area contributed by atoms with Crippen LogP contribution in [0.25, 0.3) is 33.6 Å². The lowest BCUT2D eigenvalue weighted by atomic mass is 9.94. The molecule has 6 heterocycles. The zero-order valence-electron chi connectivity index (χ0n) is 29.2. The third-order valence-corrected chi connectivity index (χ3v) is 11.7. The third kappa shape index (κ3) is 5.85. The molecule has 14 heteroatoms. The number of hydrogen-bond acceptors (Lipinski definition) is 6. The molecule has 1 aromatic carbocycles. The fourth-order valence-electron chi connectivity index (χ4n) is 8.75. The van der Waals surface area contributed by atoms with Gasteiger partial charge in [0, 0.05) is 42.5 Å². The second-order valence-electron chi connectivity index (χ2n) is 15.2. The predicted octanol–water partition coefficient (Wildman–Crippen LogP) is 6.98. The Balaban J connectivity index is 1.12. The molecule has 0 spiro atoms. The number of alkyl halides is 3. The molecule has 4 aromatic heterocycles. The van der Waals surface area contributed by atoms with Gasteiger partial charge in [-0.15, -0.1) is 0 Å². The van der Waals surface area contributed by atoms with E-state index in [9.17, 15) is 22.8 Å². The summed E-state index contributed by atoms with van der Waals surface area (Å²) in [6.07, 6.45) is 1.29. The second-order valence-corrected chi connectivity index (χ2v) is 15.2. The van der Waals surface area contributed by atoms with E-state index in [2.05, 4.69) is 10.3 Å². The minimum absolute atomic E-state index is 0.0807. The average molecular weight is 729 g/mol. The number of amides is 2. The normalized spacial score (nSPS) is 25.9. The number of hydrogen-bond donors (Lipinski definition) is 2. The monoisotopic (exact) mass is 728 g/mol. The number of nitrogens with zero attached hydrogens (tertiary/aromatic N) is 6. The number of piperidine rings is 1. The molecule has 2 aliphatic carbocycles. The maximum atomic E-state index is 16.3. The molecule has 10 nitrogen and oxygen atoms in total. The summed E-state index contributed by atoms with van der Waals surface area (Å²) in [5, 5.41) is 3.75. The average Bonchev–Trinajstić information content (AvgIpc) is 3.45. The van der Waals surface area contributed by atoms with Crippen LogP contribution in [0.2, 0.25) is 0 Å². The standard InChI is InChI=1S/C39H40F4N8O2/c1-19-28-10-7-21-16-33(49(36(21)47-28)12-4-2-3-5-29-24(38(52)45-19)9-11-30(46-29)35(42)43)37-48-31-15-22(14-26(41)34(31)51(37)32-17-25(32)40)39(53)50-18-27(44)20-6-8-23(50)13-20/h7,9-11,14-16,19-20,23,25,27,32,35H,2-6,8,12-13,17-18,44H2,1H3,(H,45,52)/t19-,20-,23+,25-,27+,32-/m1/s1. The zero-order valence-corrected chi connectivity index (χ0v) is 29.2. The van der Waals surface area contributed by atoms with E-state index in [0.717, 1.165) is 24.6 Å². The van der Waals surface area contributed by atoms with Crippen molar-refractivity contribution < 1.29 is 27.2 Å². The molecule has 9 rings (SSSR count). The number of halogens is 4. The number of nitrogens with one attached hydrogen (secondary N) is 1. The Morgan fingerprint density at radius 2 is 1.85 bits per heavy atom. The molecule has 4 bridgehead atoms. The van der Waals surface area contributed by atoms with Gasteiger partial charge >= 0.3 is 0 Å². The van der Waals surface area contributed by atoms with E-state index in [4.69, 9.17) is 15.7 Å². The van der Waals surface area contributed by atoms with Gasteiger partial charge in [-0.05, 0) is 93.8 Å². The SMILES string of the molecule is C[C@H]1NC(=O)c2ccc(C(F)F)nc2CCCCCn2c(-c3nc4cc(C(=O)N5C[C@H](N)[C@@H]6CC[C@H]5C6)cc(F)c4n3[C@@H]3C[C@H]3F)cc3ccc1nc32. The number of fused-ring (bicyclic) bond motifs is 5. The number of aryl methyl sites for hydroxylation is 2. The first-order chi connectivity index (χ1) is 25.5. The Morgan fingerprint density at radius 3 is 2.64 bits per heavy atom. The molecule has 2 amide bonds. The molecule has 276 valence electrons. The van der Waals surface area contributed by atoms with Crippen LogP contribution >= 0.6 is 0 Å². The molecule has 2 saturated carbocycles. The maximum absolute atomic E-state index is 16.3. The van der Waals surface area contributed by atoms with Gasteiger partial charge in [0.1, 0.15) is 28.8 Å². The van der Waals surface area contributed by atoms with E-state index in [-0.39, 0.29) is 52.3 Å². The smallest absolute Gasteiger partial charge is 0.280 e. The number of nitrogens with two attached hydrogens (primary N) is 1. The first-order valence-electron chi connectivity index (χ1n) is 18.6. The summed E-state index contributed by atoms with van der Waals surface area (Å²) in [6, 6.07) is 9.89. The van der Waals surface area contributed by atoms with Gasteiger partial charge in [0.2, 0.25) is 0 Å². The van der Waals surface area contributed by atoms with E-state index >= 15 is 4.39 Å². The van der Waals surface area contributed by atoms with Crippen molar-refractivity contribution in [1.82, 2.24) is 34.3 Å². The molecule has 53 heavy (non-hydrogen) atoms. The van der Waals surface area contributed by atoms with E-state index < -0.39 is 36.4 Å². The van der Waals surface area contributed by atoms with E-state index in [1.54, 1.807) is 22.5 Å². The van der Waals surface area contributed by atoms with Gasteiger partial charge in [0.15, 0.2) is 5.82 Å². The molecule has 1 saturated heterocycles. The molecule has 3 fully saturated rings. The third-order valence-electron chi connectivity index (χ3n) is 11.7. The highest BCUT2D eigenvalue weighted by Crippen LogP contribution is 2.46. The largest absolute Gasteiger partial charge is 0.344 e. The van der Waals surface area contributed by atoms with Crippen LogP contribution in [0.15, 0.2) is 42.5 Å². The van der Waals surface area contributed by atoms with Crippen LogP contribution in [0.5, 0.6) is 0 Å². The summed E-state index contributed by atoms with van der Waals surface area (Å²) in [4.78, 5) is 43.1. The van der Waals surface area contributed by atoms with Crippen LogP contribution in [0, 0.1) is 11.7 Å². The Labute approximate surface area is 302 Å². The molecule has 0 radical (unpaired) electrons. The Bertz CT molecular complexity index is 2290. The van der Waals surface area contributed by atoms with Crippen LogP contribution < -0.4 is 11.1 Å². The summed E-state index contributed by atoms with van der Waals surface area (Å²) in [5.41, 5.74) is 9.06. The number of carbonyl (C=O) groups is 2. The first kappa shape index (κ1) is 34.0. The van der Waals surface area contributed by atoms with Crippen molar-refractivity contribution in [3.8, 4) is 11.5 Å². The second kappa shape index (κ2) is 12.9. The Kier molecular flexibility index (Phi) is 8.28. The molecule has 6 atom stereocenters. The van der Waals surface area contributed by atoms with Crippen molar-refractivity contribution in [3.63, 3.8) is 0 Å². The Hall–Kier alpha value is -4.85. The fourth-order valence-corrected chi connectivity index (χ4v) is 8.75. The van der Waals surface area contributed by atoms with Crippen LogP contribution in [0.3, 0.4) is 0 Å². The van der Waals surface area contributed by atoms with Crippen molar-refractivity contribution in [2.45, 2.75) is 102 Å². The van der Waals surface area contributed by atoms with E-state index in [0.29, 0.717) is 73.2 Å². The summed E-state index contributed by atoms with van der Waals surface area (Å²) in [6.45, 7) is 2.71. The van der Waals surface area contributed by atoms with Crippen molar-refractivity contribution in [1.29, 1.82) is 0 Å². The van der Waals surface area contributed by atoms with E-state index in [1.807, 2.05) is 22.8 Å². The lowest BCUT2D eigenvalue weighted by Crippen LogP contribution is -2.51. The van der Waals surface area contributed by atoms with Crippen LogP contribution in [0.1, 0.15) is 108 Å². The van der Waals surface area contributed by atoms with Crippen molar-refractivity contribution in [2.24, 2.45) is 11.7 Å². The van der Waals surface area contributed by atoms with Crippen LogP contribution in [-0.4, -0.2) is 65.6 Å². The lowest BCUT2D eigenvalue weighted by Gasteiger charge is -2.37. The van der Waals surface area contributed by atoms with Gasteiger partial charge in [-0.1, -0.05) is 6.42 Å². The van der Waals surface area contributed by atoms with Crippen molar-refractivity contribution >= 4 is 33.9 Å². The summed E-state index contributed by atoms with van der Waals surface area (Å²) in [7, 11) is 0. The lowest BCUT2D eigenvalue weighted by molar-refractivity contribution is 0.0603. The van der Waals surface area contributed by atoms with Crippen molar-refractivity contribution in [2.75, 3.05) is 6.54 Å². The quantitative estimate of drug-likeness (QED) is 0.193. The number of benzene rings is 1. The molecule has 5 aromatic rings. The number of carbonyl (C=O) groups excluding carboxylic acids is 2. The van der Waals surface area contributed by atoms with Gasteiger partial charge in [-0.25, -0.2) is 27.5 Å². The van der Waals surface area contributed by atoms with Gasteiger partial charge in [0.25, 0.3) is 18.2 Å². The summed E-state index contributed by atoms with van der Waals surface area (Å²) < 4.78 is 61.9. The molecule has 0 unspecified atom stereocenters. The minimum atomic E-state index is -2.76. The van der Waals surface area contributed by atoms with Gasteiger partial charge in [-0.3, -0.25) is 14.6 Å². The number of likely N-dealkylation sites (tertiary alicyclic amines) is 1. The number of rotatable bonds is 4. The van der Waals surface area contributed by atoms with Crippen molar-refractivity contribution in [3.05, 3.63) is 76.5 Å². The molecular weight excluding hydrogens is 688 g/mol. The topological polar surface area (TPSA) is 124 Å². The highest BCUT2D eigenvalue weighted by atomic mass is 19.3. The number of pyridine rings is 2. The summed E-state index contributed by atoms with van der Waals surface area (Å²) >= 11 is 0. The predicted molar refractivity (Wildman–Crippen MR) is 190 cm³/mol. The van der Waals surface area contributed by atoms with Crippen LogP contribution in [-0.2, 0) is 13.0 Å². The first-order valence-corrected chi connectivity index (χ1v) is 18.6. The molecule has 4 aliphatic rings. The summed E-state index contributed by atoms with van der Waals surface area (Å²) in [5.74, 6) is -0.557. The zero-order chi connectivity index (χ0) is 36.7. The number of imidazole rings is 1. The highest BCUT2D eigenvalue weighted by molar-refractivity contribution is 5.99. The van der Waals surface area contributed by atoms with Gasteiger partial charge in [-0.2, -0.15) is 0 Å². The number of aromatic nitrogens is 5. The van der Waals surface area contributed by atoms with Crippen LogP contribution in [0.4, 0.5) is 17.6 Å². The highest BCUT2D eigenvalue weighted by Gasteiger charge is 2.44. The van der Waals surface area contributed by atoms with E-state index in [1.165, 1.54) is 18.2 Å². The Morgan fingerprint density at radius 1 is 1.02 bits per heavy atom.